The van der Waals surface area contributed by atoms with E-state index in [1.54, 1.807) is 0 Å². The number of rotatable bonds is 5. The molecule has 0 aromatic heterocycles. The van der Waals surface area contributed by atoms with Gasteiger partial charge in [-0.1, -0.05) is 19.1 Å². The van der Waals surface area contributed by atoms with Gasteiger partial charge in [0.25, 0.3) is 0 Å². The van der Waals surface area contributed by atoms with E-state index < -0.39 is 0 Å². The van der Waals surface area contributed by atoms with Gasteiger partial charge in [0.2, 0.25) is 0 Å². The van der Waals surface area contributed by atoms with Crippen LogP contribution in [0.1, 0.15) is 49.7 Å². The lowest BCUT2D eigenvalue weighted by Gasteiger charge is -2.23. The van der Waals surface area contributed by atoms with Crippen LogP contribution in [0, 0.1) is 6.92 Å². The highest BCUT2D eigenvalue weighted by molar-refractivity contribution is 5.38. The molecule has 1 aromatic carbocycles. The molecule has 0 aliphatic carbocycles. The van der Waals surface area contributed by atoms with Crippen molar-refractivity contribution < 1.29 is 14.6 Å². The van der Waals surface area contributed by atoms with Crippen LogP contribution in [0.5, 0.6) is 5.75 Å². The summed E-state index contributed by atoms with van der Waals surface area (Å²) in [7, 11) is 0. The van der Waals surface area contributed by atoms with Gasteiger partial charge >= 0.3 is 0 Å². The van der Waals surface area contributed by atoms with Crippen LogP contribution >= 0.6 is 0 Å². The molecule has 1 unspecified atom stereocenters. The quantitative estimate of drug-likeness (QED) is 0.880. The molecular formula is C16H24O3. The molecule has 0 amide bonds. The third kappa shape index (κ3) is 4.22. The molecule has 1 aromatic rings. The Labute approximate surface area is 115 Å². The van der Waals surface area contributed by atoms with Crippen molar-refractivity contribution in [3.8, 4) is 5.75 Å². The fourth-order valence-electron chi connectivity index (χ4n) is 2.44. The molecule has 0 spiro atoms. The number of phenolic OH excluding ortho intramolecular Hbond substituents is 1. The first kappa shape index (κ1) is 14.4. The van der Waals surface area contributed by atoms with Gasteiger partial charge in [-0.25, -0.2) is 0 Å². The zero-order valence-electron chi connectivity index (χ0n) is 11.9. The van der Waals surface area contributed by atoms with Gasteiger partial charge in [0.15, 0.2) is 6.29 Å². The Bertz CT molecular complexity index is 397. The van der Waals surface area contributed by atoms with Crippen LogP contribution in [-0.2, 0) is 9.47 Å². The normalized spacial score (nSPS) is 21.3. The molecule has 1 aliphatic rings. The maximum Gasteiger partial charge on any atom is 0.157 e. The molecule has 2 atom stereocenters. The van der Waals surface area contributed by atoms with Gasteiger partial charge in [0, 0.05) is 6.61 Å². The largest absolute Gasteiger partial charge is 0.508 e. The minimum atomic E-state index is -0.0208. The van der Waals surface area contributed by atoms with Gasteiger partial charge in [-0.2, -0.15) is 0 Å². The first-order valence-electron chi connectivity index (χ1n) is 7.19. The van der Waals surface area contributed by atoms with Crippen molar-refractivity contribution in [1.82, 2.24) is 0 Å². The first-order valence-corrected chi connectivity index (χ1v) is 7.19. The fraction of sp³-hybridized carbons (Fsp3) is 0.625. The summed E-state index contributed by atoms with van der Waals surface area (Å²) in [6, 6.07) is 5.86. The Morgan fingerprint density at radius 3 is 2.95 bits per heavy atom. The maximum absolute atomic E-state index is 9.94. The predicted molar refractivity (Wildman–Crippen MR) is 75.4 cm³/mol. The summed E-state index contributed by atoms with van der Waals surface area (Å²) in [4.78, 5) is 0. The van der Waals surface area contributed by atoms with E-state index in [0.717, 1.165) is 37.0 Å². The lowest BCUT2D eigenvalue weighted by atomic mass is 9.96. The van der Waals surface area contributed by atoms with Crippen molar-refractivity contribution in [2.24, 2.45) is 0 Å². The molecule has 1 fully saturated rings. The van der Waals surface area contributed by atoms with E-state index in [-0.39, 0.29) is 6.29 Å². The molecule has 1 aliphatic heterocycles. The van der Waals surface area contributed by atoms with E-state index in [9.17, 15) is 5.11 Å². The number of ether oxygens (including phenoxy) is 2. The predicted octanol–water partition coefficient (Wildman–Crippen LogP) is 3.74. The Kier molecular flexibility index (Phi) is 5.23. The van der Waals surface area contributed by atoms with E-state index in [4.69, 9.17) is 9.47 Å². The van der Waals surface area contributed by atoms with Crippen LogP contribution in [0.2, 0.25) is 0 Å². The third-order valence-electron chi connectivity index (χ3n) is 3.71. The van der Waals surface area contributed by atoms with Gasteiger partial charge in [-0.3, -0.25) is 0 Å². The van der Waals surface area contributed by atoms with Crippen molar-refractivity contribution in [2.75, 3.05) is 13.2 Å². The van der Waals surface area contributed by atoms with E-state index in [2.05, 4.69) is 6.92 Å². The van der Waals surface area contributed by atoms with Crippen LogP contribution in [0.15, 0.2) is 18.2 Å². The maximum atomic E-state index is 9.94. The topological polar surface area (TPSA) is 38.7 Å². The van der Waals surface area contributed by atoms with Gasteiger partial charge in [0.1, 0.15) is 5.75 Å². The summed E-state index contributed by atoms with van der Waals surface area (Å²) in [6.07, 6.45) is 4.22. The van der Waals surface area contributed by atoms with Crippen LogP contribution in [-0.4, -0.2) is 24.6 Å². The Hall–Kier alpha value is -1.06. The van der Waals surface area contributed by atoms with Crippen LogP contribution < -0.4 is 0 Å². The molecule has 19 heavy (non-hydrogen) atoms. The number of phenols is 1. The summed E-state index contributed by atoms with van der Waals surface area (Å²) >= 11 is 0. The van der Waals surface area contributed by atoms with Crippen molar-refractivity contribution in [1.29, 1.82) is 0 Å². The average Bonchev–Trinajstić information content (AvgIpc) is 2.39. The van der Waals surface area contributed by atoms with E-state index >= 15 is 0 Å². The number of hydrogen-bond donors (Lipinski definition) is 1. The SMILES string of the molecule is Cc1ccc([C@@H](C)CCOC2CCCCO2)c(O)c1. The molecule has 106 valence electrons. The van der Waals surface area contributed by atoms with Crippen molar-refractivity contribution >= 4 is 0 Å². The van der Waals surface area contributed by atoms with E-state index in [0.29, 0.717) is 18.3 Å². The smallest absolute Gasteiger partial charge is 0.157 e. The van der Waals surface area contributed by atoms with Crippen LogP contribution in [0.4, 0.5) is 0 Å². The molecule has 1 heterocycles. The van der Waals surface area contributed by atoms with Crippen LogP contribution in [0.25, 0.3) is 0 Å². The van der Waals surface area contributed by atoms with Gasteiger partial charge in [-0.05, 0) is 55.7 Å². The molecular weight excluding hydrogens is 240 g/mol. The summed E-state index contributed by atoms with van der Waals surface area (Å²) in [5.41, 5.74) is 2.08. The molecule has 3 nitrogen and oxygen atoms in total. The molecule has 1 saturated heterocycles. The second-order valence-corrected chi connectivity index (χ2v) is 5.42. The zero-order chi connectivity index (χ0) is 13.7. The lowest BCUT2D eigenvalue weighted by molar-refractivity contribution is -0.163. The third-order valence-corrected chi connectivity index (χ3v) is 3.71. The minimum absolute atomic E-state index is 0.0208. The summed E-state index contributed by atoms with van der Waals surface area (Å²) in [5.74, 6) is 0.686. The molecule has 3 heteroatoms. The molecule has 1 N–H and O–H groups in total. The molecule has 0 saturated carbocycles. The molecule has 0 radical (unpaired) electrons. The zero-order valence-corrected chi connectivity index (χ0v) is 11.9. The summed E-state index contributed by atoms with van der Waals surface area (Å²) in [6.45, 7) is 5.60. The fourth-order valence-corrected chi connectivity index (χ4v) is 2.44. The number of aryl methyl sites for hydroxylation is 1. The summed E-state index contributed by atoms with van der Waals surface area (Å²) in [5, 5.41) is 9.94. The molecule has 2 rings (SSSR count). The van der Waals surface area contributed by atoms with Crippen molar-refractivity contribution in [2.45, 2.75) is 51.7 Å². The second-order valence-electron chi connectivity index (χ2n) is 5.42. The van der Waals surface area contributed by atoms with Crippen molar-refractivity contribution in [3.63, 3.8) is 0 Å². The number of aromatic hydroxyl groups is 1. The van der Waals surface area contributed by atoms with Crippen molar-refractivity contribution in [3.05, 3.63) is 29.3 Å². The standard InChI is InChI=1S/C16H24O3/c1-12-6-7-14(15(17)11-12)13(2)8-10-19-16-5-3-4-9-18-16/h6-7,11,13,16-17H,3-5,8-10H2,1-2H3/t13-,16?/m0/s1. The number of hydrogen-bond acceptors (Lipinski definition) is 3. The first-order chi connectivity index (χ1) is 9.16. The lowest BCUT2D eigenvalue weighted by Crippen LogP contribution is -2.23. The highest BCUT2D eigenvalue weighted by Crippen LogP contribution is 2.29. The van der Waals surface area contributed by atoms with Crippen LogP contribution in [0.3, 0.4) is 0 Å². The van der Waals surface area contributed by atoms with E-state index in [1.165, 1.54) is 6.42 Å². The Balaban J connectivity index is 1.78. The van der Waals surface area contributed by atoms with E-state index in [1.807, 2.05) is 25.1 Å². The van der Waals surface area contributed by atoms with Gasteiger partial charge in [-0.15, -0.1) is 0 Å². The monoisotopic (exact) mass is 264 g/mol. The average molecular weight is 264 g/mol. The Morgan fingerprint density at radius 1 is 1.42 bits per heavy atom. The van der Waals surface area contributed by atoms with Gasteiger partial charge < -0.3 is 14.6 Å². The highest BCUT2D eigenvalue weighted by atomic mass is 16.7. The summed E-state index contributed by atoms with van der Waals surface area (Å²) < 4.78 is 11.3. The second kappa shape index (κ2) is 6.92. The number of benzene rings is 1. The van der Waals surface area contributed by atoms with Gasteiger partial charge in [0.05, 0.1) is 6.61 Å². The molecule has 0 bridgehead atoms. The Morgan fingerprint density at radius 2 is 2.26 bits per heavy atom. The minimum Gasteiger partial charge on any atom is -0.508 e. The highest BCUT2D eigenvalue weighted by Gasteiger charge is 2.15.